The van der Waals surface area contributed by atoms with Crippen LogP contribution in [0.5, 0.6) is 0 Å². The van der Waals surface area contributed by atoms with Crippen LogP contribution in [0.2, 0.25) is 13.3 Å². The van der Waals surface area contributed by atoms with Crippen molar-refractivity contribution in [3.05, 3.63) is 17.0 Å². The van der Waals surface area contributed by atoms with Crippen LogP contribution < -0.4 is 2.89 Å². The Morgan fingerprint density at radius 2 is 1.58 bits per heavy atom. The van der Waals surface area contributed by atoms with E-state index in [9.17, 15) is 9.18 Å². The first-order chi connectivity index (χ1) is 11.5. The maximum absolute atomic E-state index is 12.9. The molecule has 24 heavy (non-hydrogen) atoms. The molecule has 0 N–H and O–H groups in total. The molecule has 1 rings (SSSR count). The summed E-state index contributed by atoms with van der Waals surface area (Å²) in [6.45, 7) is 8.58. The molecule has 0 spiro atoms. The van der Waals surface area contributed by atoms with Gasteiger partial charge in [0.05, 0.1) is 0 Å². The van der Waals surface area contributed by atoms with Gasteiger partial charge in [0.15, 0.2) is 0 Å². The fourth-order valence-corrected chi connectivity index (χ4v) is 23.6. The Morgan fingerprint density at radius 1 is 1.08 bits per heavy atom. The van der Waals surface area contributed by atoms with E-state index in [0.717, 1.165) is 0 Å². The van der Waals surface area contributed by atoms with Gasteiger partial charge in [-0.3, -0.25) is 0 Å². The van der Waals surface area contributed by atoms with Gasteiger partial charge in [-0.1, -0.05) is 0 Å². The fraction of sp³-hybridized carbons (Fsp3) is 0.750. The number of rotatable bonds is 13. The molecule has 0 aliphatic heterocycles. The van der Waals surface area contributed by atoms with Crippen molar-refractivity contribution in [2.24, 2.45) is 5.92 Å². The van der Waals surface area contributed by atoms with Crippen molar-refractivity contribution in [1.82, 2.24) is 0 Å². The fourth-order valence-electron chi connectivity index (χ4n) is 3.48. The van der Waals surface area contributed by atoms with E-state index < -0.39 is 30.3 Å². The summed E-state index contributed by atoms with van der Waals surface area (Å²) >= 11 is -0.421. The van der Waals surface area contributed by atoms with Crippen molar-refractivity contribution in [3.63, 3.8) is 0 Å². The Kier molecular flexibility index (Phi) is 10.8. The third-order valence-corrected chi connectivity index (χ3v) is 24.5. The van der Waals surface area contributed by atoms with Crippen LogP contribution in [0.25, 0.3) is 0 Å². The Hall–Kier alpha value is 0.0987. The second-order valence-corrected chi connectivity index (χ2v) is 22.4. The quantitative estimate of drug-likeness (QED) is 0.243. The van der Waals surface area contributed by atoms with Gasteiger partial charge >= 0.3 is 157 Å². The molecule has 1 nitrogen and oxygen atoms in total. The van der Waals surface area contributed by atoms with Crippen molar-refractivity contribution in [1.29, 1.82) is 0 Å². The van der Waals surface area contributed by atoms with Gasteiger partial charge in [0.25, 0.3) is 0 Å². The molecule has 0 saturated carbocycles. The molecule has 1 heterocycles. The van der Waals surface area contributed by atoms with Crippen LogP contribution >= 0.6 is 11.3 Å². The molecule has 0 aliphatic rings. The number of thiophene rings is 1. The first-order valence-corrected chi connectivity index (χ1v) is 18.1. The van der Waals surface area contributed by atoms with E-state index in [0.29, 0.717) is 6.42 Å². The van der Waals surface area contributed by atoms with E-state index in [2.05, 4.69) is 32.2 Å². The second kappa shape index (κ2) is 11.7. The van der Waals surface area contributed by atoms with Crippen LogP contribution in [0.3, 0.4) is 0 Å². The van der Waals surface area contributed by atoms with Crippen LogP contribution in [0.15, 0.2) is 11.4 Å². The van der Waals surface area contributed by atoms with Gasteiger partial charge in [0.1, 0.15) is 0 Å². The van der Waals surface area contributed by atoms with Crippen molar-refractivity contribution in [2.75, 3.05) is 0 Å². The van der Waals surface area contributed by atoms with Crippen LogP contribution in [-0.2, 0) is 11.2 Å². The molecule has 1 aromatic rings. The summed E-state index contributed by atoms with van der Waals surface area (Å²) in [6, 6.07) is 1.18. The molecular formula is C20H35FOSSn. The molecule has 4 heteroatoms. The molecule has 0 saturated heterocycles. The Morgan fingerprint density at radius 3 is 2.00 bits per heavy atom. The normalized spacial score (nSPS) is 13.2. The van der Waals surface area contributed by atoms with Gasteiger partial charge in [0, 0.05) is 0 Å². The topological polar surface area (TPSA) is 17.1 Å². The minimum absolute atomic E-state index is 0.501. The first-order valence-electron chi connectivity index (χ1n) is 9.76. The predicted octanol–water partition coefficient (Wildman–Crippen LogP) is 6.48. The summed E-state index contributed by atoms with van der Waals surface area (Å²) in [5, 5.41) is 2.20. The minimum atomic E-state index is -2.34. The third kappa shape index (κ3) is 6.78. The van der Waals surface area contributed by atoms with Gasteiger partial charge in [-0.15, -0.1) is 0 Å². The van der Waals surface area contributed by atoms with Gasteiger partial charge in [0.2, 0.25) is 0 Å². The van der Waals surface area contributed by atoms with Crippen LogP contribution in [0.4, 0.5) is 4.39 Å². The number of unbranched alkanes of at least 4 members (excludes halogenated alkanes) is 3. The van der Waals surface area contributed by atoms with E-state index in [-0.39, 0.29) is 0 Å². The standard InChI is InChI=1S/C8H8FOS.3C4H9.Sn/c1-6(8(9)10)4-7-2-3-11-5-7;3*1-3-4-2;/h2,5-6H,4H2,1H3;3*1,3-4H2,2H3;. The number of hydrogen-bond acceptors (Lipinski definition) is 2. The first kappa shape index (κ1) is 22.1. The van der Waals surface area contributed by atoms with Crippen LogP contribution in [0, 0.1) is 5.92 Å². The van der Waals surface area contributed by atoms with E-state index in [1.54, 1.807) is 9.82 Å². The number of carbonyl (C=O) groups is 1. The summed E-state index contributed by atoms with van der Waals surface area (Å²) in [5.74, 6) is -0.501. The predicted molar refractivity (Wildman–Crippen MR) is 108 cm³/mol. The van der Waals surface area contributed by atoms with Gasteiger partial charge in [-0.05, 0) is 0 Å². The van der Waals surface area contributed by atoms with Gasteiger partial charge in [-0.2, -0.15) is 0 Å². The number of hydrogen-bond donors (Lipinski definition) is 0. The molecule has 138 valence electrons. The zero-order chi connectivity index (χ0) is 18.0. The Bertz CT molecular complexity index is 464. The molecule has 1 unspecified atom stereocenters. The molecule has 0 bridgehead atoms. The molecule has 0 amide bonds. The molecule has 1 aromatic heterocycles. The maximum atomic E-state index is 12.9. The molecule has 0 aromatic carbocycles. The molecule has 0 fully saturated rings. The molecule has 1 atom stereocenters. The van der Waals surface area contributed by atoms with Crippen molar-refractivity contribution in [3.8, 4) is 0 Å². The van der Waals surface area contributed by atoms with Crippen LogP contribution in [0.1, 0.15) is 71.8 Å². The molecular weight excluding hydrogens is 426 g/mol. The number of carbonyl (C=O) groups excluding carboxylic acids is 1. The van der Waals surface area contributed by atoms with E-state index >= 15 is 0 Å². The summed E-state index contributed by atoms with van der Waals surface area (Å²) in [5.41, 5.74) is 1.18. The zero-order valence-electron chi connectivity index (χ0n) is 16.0. The summed E-state index contributed by atoms with van der Waals surface area (Å²) in [6.07, 6.45) is 8.47. The molecule has 0 aliphatic carbocycles. The molecule has 0 radical (unpaired) electrons. The number of halogens is 1. The van der Waals surface area contributed by atoms with E-state index in [4.69, 9.17) is 0 Å². The Labute approximate surface area is 156 Å². The second-order valence-electron chi connectivity index (χ2n) is 7.32. The summed E-state index contributed by atoms with van der Waals surface area (Å²) in [7, 11) is 0. The van der Waals surface area contributed by atoms with Gasteiger partial charge in [-0.25, -0.2) is 0 Å². The van der Waals surface area contributed by atoms with Crippen molar-refractivity contribution < 1.29 is 9.18 Å². The van der Waals surface area contributed by atoms with Crippen LogP contribution in [-0.4, -0.2) is 24.4 Å². The third-order valence-electron chi connectivity index (χ3n) is 5.13. The summed E-state index contributed by atoms with van der Waals surface area (Å²) < 4.78 is 19.0. The summed E-state index contributed by atoms with van der Waals surface area (Å²) in [4.78, 5) is 10.9. The zero-order valence-corrected chi connectivity index (χ0v) is 19.7. The van der Waals surface area contributed by atoms with Crippen molar-refractivity contribution in [2.45, 2.75) is 86.0 Å². The van der Waals surface area contributed by atoms with E-state index in [1.807, 2.05) is 11.3 Å². The average molecular weight is 461 g/mol. The van der Waals surface area contributed by atoms with Gasteiger partial charge < -0.3 is 0 Å². The average Bonchev–Trinajstić information content (AvgIpc) is 3.03. The van der Waals surface area contributed by atoms with E-state index in [1.165, 1.54) is 57.4 Å². The SMILES string of the molecule is CCC[CH2][Sn]([CH2]CCC)([CH2]CCC)[c]1cc(CC(C)C(=O)F)cs1. The van der Waals surface area contributed by atoms with Crippen molar-refractivity contribution >= 4 is 38.6 Å². The Balaban J connectivity index is 3.02. The monoisotopic (exact) mass is 462 g/mol.